The Morgan fingerprint density at radius 1 is 1.20 bits per heavy atom. The minimum atomic E-state index is -2.80. The summed E-state index contributed by atoms with van der Waals surface area (Å²) in [6.07, 6.45) is 2.24. The number of nitrogen functional groups attached to an aromatic ring is 1. The number of rotatable bonds is 13. The van der Waals surface area contributed by atoms with Crippen molar-refractivity contribution in [3.63, 3.8) is 0 Å². The Morgan fingerprint density at radius 2 is 1.89 bits per heavy atom. The molecule has 2 aromatic heterocycles. The molecular weight excluding hydrogens is 602 g/mol. The number of hydrogen-bond donors (Lipinski definition) is 5. The van der Waals surface area contributed by atoms with E-state index in [4.69, 9.17) is 33.2 Å². The van der Waals surface area contributed by atoms with E-state index in [2.05, 4.69) is 20.9 Å². The molecule has 1 fully saturated rings. The second-order valence-electron chi connectivity index (χ2n) is 9.95. The molecule has 234 valence electrons. The lowest BCUT2D eigenvalue weighted by Gasteiger charge is -2.33. The SMILES string of the molecule is C#C[C@@H](O)[C@@H](O[C@@H](CO)COC(Cc1ccc(N2CCCN(C)C2=O)cc1)(C(=O)O)C(=O)O)n1cnc2c(N)nc(Cl)nc21. The molecule has 2 amide bonds. The fourth-order valence-corrected chi connectivity index (χ4v) is 4.81. The highest BCUT2D eigenvalue weighted by Crippen LogP contribution is 2.27. The average Bonchev–Trinajstić information content (AvgIpc) is 3.41. The lowest BCUT2D eigenvalue weighted by molar-refractivity contribution is -0.195. The summed E-state index contributed by atoms with van der Waals surface area (Å²) in [5.41, 5.74) is 4.04. The van der Waals surface area contributed by atoms with Gasteiger partial charge < -0.3 is 40.5 Å². The number of aliphatic carboxylic acids is 2. The largest absolute Gasteiger partial charge is 0.479 e. The van der Waals surface area contributed by atoms with E-state index in [0.29, 0.717) is 18.8 Å². The molecule has 17 heteroatoms. The third-order valence-electron chi connectivity index (χ3n) is 7.01. The van der Waals surface area contributed by atoms with Crippen LogP contribution in [0.3, 0.4) is 0 Å². The van der Waals surface area contributed by atoms with E-state index in [1.165, 1.54) is 23.0 Å². The number of anilines is 2. The van der Waals surface area contributed by atoms with Gasteiger partial charge in [0.2, 0.25) is 5.28 Å². The number of carboxylic acids is 2. The van der Waals surface area contributed by atoms with E-state index in [1.807, 2.05) is 0 Å². The number of imidazole rings is 1. The minimum Gasteiger partial charge on any atom is -0.479 e. The van der Waals surface area contributed by atoms with Crippen LogP contribution < -0.4 is 10.6 Å². The Labute approximate surface area is 255 Å². The van der Waals surface area contributed by atoms with Crippen molar-refractivity contribution in [3.8, 4) is 12.3 Å². The standard InChI is InChI=1S/C27H30ClN7O9/c1-3-18(37)22(35-14-30-19-20(29)31-25(28)32-21(19)35)44-17(12-36)13-43-27(23(38)39,24(40)41)11-15-5-7-16(8-6-15)34-10-4-9-33(2)26(34)42/h1,5-8,14,17-18,22,36-37H,4,9-13H2,2H3,(H,38,39)(H,40,41)(H2,29,31,32)/t17-,18+,22+/m0/s1. The van der Waals surface area contributed by atoms with E-state index >= 15 is 0 Å². The number of nitrogens with two attached hydrogens (primary N) is 1. The van der Waals surface area contributed by atoms with E-state index in [9.17, 15) is 34.8 Å². The number of halogens is 1. The number of carbonyl (C=O) groups is 3. The Balaban J connectivity index is 1.55. The molecule has 3 aromatic rings. The Kier molecular flexibility index (Phi) is 9.87. The fraction of sp³-hybridized carbons (Fsp3) is 0.407. The predicted molar refractivity (Wildman–Crippen MR) is 155 cm³/mol. The fourth-order valence-electron chi connectivity index (χ4n) is 4.64. The zero-order chi connectivity index (χ0) is 32.2. The van der Waals surface area contributed by atoms with Crippen molar-refractivity contribution in [2.75, 3.05) is 44.0 Å². The predicted octanol–water partition coefficient (Wildman–Crippen LogP) is 0.361. The van der Waals surface area contributed by atoms with Crippen LogP contribution >= 0.6 is 11.6 Å². The second-order valence-corrected chi connectivity index (χ2v) is 10.3. The lowest BCUT2D eigenvalue weighted by Crippen LogP contribution is -2.52. The summed E-state index contributed by atoms with van der Waals surface area (Å²) < 4.78 is 12.4. The zero-order valence-corrected chi connectivity index (χ0v) is 24.2. The third-order valence-corrected chi connectivity index (χ3v) is 7.18. The van der Waals surface area contributed by atoms with Crippen LogP contribution in [0, 0.1) is 12.3 Å². The summed E-state index contributed by atoms with van der Waals surface area (Å²) in [5, 5.41) is 40.3. The number of carboxylic acid groups (broad SMARTS) is 2. The van der Waals surface area contributed by atoms with Crippen LogP contribution in [0.5, 0.6) is 0 Å². The first-order valence-electron chi connectivity index (χ1n) is 13.2. The van der Waals surface area contributed by atoms with Gasteiger partial charge in [0.25, 0.3) is 5.60 Å². The van der Waals surface area contributed by atoms with Crippen LogP contribution in [0.15, 0.2) is 30.6 Å². The first-order chi connectivity index (χ1) is 20.9. The van der Waals surface area contributed by atoms with Gasteiger partial charge in [0, 0.05) is 32.2 Å². The van der Waals surface area contributed by atoms with Crippen LogP contribution in [0.2, 0.25) is 5.28 Å². The van der Waals surface area contributed by atoms with Crippen molar-refractivity contribution in [2.45, 2.75) is 36.9 Å². The van der Waals surface area contributed by atoms with Gasteiger partial charge in [-0.15, -0.1) is 6.42 Å². The summed E-state index contributed by atoms with van der Waals surface area (Å²) in [6.45, 7) is -0.414. The van der Waals surface area contributed by atoms with Crippen molar-refractivity contribution >= 4 is 52.2 Å². The number of aliphatic hydroxyl groups is 2. The number of nitrogens with zero attached hydrogens (tertiary/aromatic N) is 6. The monoisotopic (exact) mass is 631 g/mol. The summed E-state index contributed by atoms with van der Waals surface area (Å²) >= 11 is 5.91. The summed E-state index contributed by atoms with van der Waals surface area (Å²) in [4.78, 5) is 52.2. The molecule has 0 spiro atoms. The number of carbonyl (C=O) groups excluding carboxylic acids is 1. The van der Waals surface area contributed by atoms with E-state index in [0.717, 1.165) is 6.42 Å². The van der Waals surface area contributed by atoms with Crippen LogP contribution in [0.1, 0.15) is 18.2 Å². The molecule has 16 nitrogen and oxygen atoms in total. The number of amides is 2. The van der Waals surface area contributed by atoms with Crippen LogP contribution in [-0.2, 0) is 25.5 Å². The Hall–Kier alpha value is -4.53. The van der Waals surface area contributed by atoms with Gasteiger partial charge in [0.05, 0.1) is 19.5 Å². The number of aliphatic hydroxyl groups excluding tert-OH is 2. The number of ether oxygens (including phenoxy) is 2. The average molecular weight is 632 g/mol. The highest BCUT2D eigenvalue weighted by atomic mass is 35.5. The highest BCUT2D eigenvalue weighted by Gasteiger charge is 2.49. The van der Waals surface area contributed by atoms with Gasteiger partial charge in [0.15, 0.2) is 23.8 Å². The smallest absolute Gasteiger partial charge is 0.348 e. The number of benzene rings is 1. The summed E-state index contributed by atoms with van der Waals surface area (Å²) in [6, 6.07) is 5.99. The van der Waals surface area contributed by atoms with Crippen molar-refractivity contribution in [1.29, 1.82) is 0 Å². The normalized spacial score (nSPS) is 16.0. The van der Waals surface area contributed by atoms with Gasteiger partial charge in [0.1, 0.15) is 11.6 Å². The van der Waals surface area contributed by atoms with Gasteiger partial charge in [-0.05, 0) is 35.7 Å². The van der Waals surface area contributed by atoms with Gasteiger partial charge in [-0.2, -0.15) is 9.97 Å². The van der Waals surface area contributed by atoms with Crippen molar-refractivity contribution in [3.05, 3.63) is 41.4 Å². The molecule has 44 heavy (non-hydrogen) atoms. The van der Waals surface area contributed by atoms with Crippen LogP contribution in [0.4, 0.5) is 16.3 Å². The van der Waals surface area contributed by atoms with E-state index < -0.39 is 55.6 Å². The number of urea groups is 1. The van der Waals surface area contributed by atoms with Crippen molar-refractivity contribution in [1.82, 2.24) is 24.4 Å². The molecule has 1 aromatic carbocycles. The molecule has 4 rings (SSSR count). The third kappa shape index (κ3) is 6.51. The number of hydrogen-bond acceptors (Lipinski definition) is 11. The van der Waals surface area contributed by atoms with Crippen molar-refractivity contribution in [2.24, 2.45) is 0 Å². The molecule has 0 aliphatic carbocycles. The number of aromatic nitrogens is 4. The highest BCUT2D eigenvalue weighted by molar-refractivity contribution is 6.28. The molecule has 0 unspecified atom stereocenters. The van der Waals surface area contributed by atoms with Gasteiger partial charge in [-0.25, -0.2) is 19.4 Å². The maximum atomic E-state index is 12.5. The zero-order valence-electron chi connectivity index (χ0n) is 23.4. The number of terminal acetylenes is 1. The van der Waals surface area contributed by atoms with Crippen LogP contribution in [-0.4, -0.2) is 114 Å². The quantitative estimate of drug-likeness (QED) is 0.0976. The topological polar surface area (TPSA) is 227 Å². The van der Waals surface area contributed by atoms with Crippen LogP contribution in [0.25, 0.3) is 11.2 Å². The molecule has 3 atom stereocenters. The summed E-state index contributed by atoms with van der Waals surface area (Å²) in [7, 11) is 1.69. The molecule has 6 N–H and O–H groups in total. The number of fused-ring (bicyclic) bond motifs is 1. The van der Waals surface area contributed by atoms with Gasteiger partial charge in [-0.1, -0.05) is 18.1 Å². The van der Waals surface area contributed by atoms with E-state index in [1.54, 1.807) is 29.0 Å². The maximum absolute atomic E-state index is 12.5. The molecule has 1 aliphatic rings. The molecule has 1 saturated heterocycles. The van der Waals surface area contributed by atoms with E-state index in [-0.39, 0.29) is 33.9 Å². The summed E-state index contributed by atoms with van der Waals surface area (Å²) in [5.74, 6) is -1.59. The lowest BCUT2D eigenvalue weighted by atomic mass is 9.94. The first kappa shape index (κ1) is 32.4. The maximum Gasteiger partial charge on any atom is 0.348 e. The van der Waals surface area contributed by atoms with Crippen molar-refractivity contribution < 1.29 is 44.3 Å². The molecule has 0 radical (unpaired) electrons. The van der Waals surface area contributed by atoms with Gasteiger partial charge in [-0.3, -0.25) is 9.47 Å². The molecule has 0 bridgehead atoms. The first-order valence-corrected chi connectivity index (χ1v) is 13.6. The molecule has 0 saturated carbocycles. The molecule has 3 heterocycles. The molecule has 1 aliphatic heterocycles. The minimum absolute atomic E-state index is 0.0335. The Morgan fingerprint density at radius 3 is 2.50 bits per heavy atom. The van der Waals surface area contributed by atoms with Gasteiger partial charge >= 0.3 is 18.0 Å². The second kappa shape index (κ2) is 13.4. The molecular formula is C27H30ClN7O9. The Bertz CT molecular complexity index is 1560.